The third-order valence-electron chi connectivity index (χ3n) is 6.01. The summed E-state index contributed by atoms with van der Waals surface area (Å²) >= 11 is 12.0. The van der Waals surface area contributed by atoms with Gasteiger partial charge in [-0.2, -0.15) is 0 Å². The zero-order chi connectivity index (χ0) is 24.5. The van der Waals surface area contributed by atoms with Crippen molar-refractivity contribution in [3.63, 3.8) is 0 Å². The number of ether oxygens (including phenoxy) is 2. The molecular formula is C26H22ClFN4O2S. The summed E-state index contributed by atoms with van der Waals surface area (Å²) in [6, 6.07) is 19.4. The molecular weight excluding hydrogens is 487 g/mol. The number of nitrogens with one attached hydrogen (secondary N) is 1. The van der Waals surface area contributed by atoms with Gasteiger partial charge in [-0.3, -0.25) is 4.98 Å². The molecule has 9 heteroatoms. The Bertz CT molecular complexity index is 1380. The van der Waals surface area contributed by atoms with Crippen LogP contribution in [0.5, 0.6) is 11.5 Å². The normalized spacial score (nSPS) is 17.4. The second-order valence-corrected chi connectivity index (χ2v) is 8.73. The first-order chi connectivity index (χ1) is 17.0. The van der Waals surface area contributed by atoms with Crippen LogP contribution in [0.2, 0.25) is 5.02 Å². The average Bonchev–Trinajstić information content (AvgIpc) is 3.50. The maximum absolute atomic E-state index is 13.9. The molecule has 1 aliphatic heterocycles. The summed E-state index contributed by atoms with van der Waals surface area (Å²) < 4.78 is 27.1. The van der Waals surface area contributed by atoms with E-state index in [9.17, 15) is 4.39 Å². The first kappa shape index (κ1) is 23.1. The van der Waals surface area contributed by atoms with Crippen molar-refractivity contribution in [3.05, 3.63) is 101 Å². The van der Waals surface area contributed by atoms with E-state index in [1.54, 1.807) is 32.5 Å². The maximum Gasteiger partial charge on any atom is 0.174 e. The van der Waals surface area contributed by atoms with Crippen LogP contribution in [0.4, 0.5) is 10.1 Å². The van der Waals surface area contributed by atoms with Crippen LogP contribution < -0.4 is 19.7 Å². The molecule has 1 aliphatic rings. The van der Waals surface area contributed by atoms with Gasteiger partial charge in [0.1, 0.15) is 23.4 Å². The number of hydrogen-bond donors (Lipinski definition) is 1. The minimum atomic E-state index is -0.470. The maximum atomic E-state index is 13.9. The van der Waals surface area contributed by atoms with Crippen LogP contribution in [-0.4, -0.2) is 28.9 Å². The average molecular weight is 509 g/mol. The van der Waals surface area contributed by atoms with E-state index in [4.69, 9.17) is 33.3 Å². The van der Waals surface area contributed by atoms with Crippen LogP contribution in [-0.2, 0) is 0 Å². The smallest absolute Gasteiger partial charge is 0.174 e. The molecule has 0 radical (unpaired) electrons. The Morgan fingerprint density at radius 3 is 2.60 bits per heavy atom. The van der Waals surface area contributed by atoms with Crippen molar-refractivity contribution in [3.8, 4) is 17.2 Å². The monoisotopic (exact) mass is 508 g/mol. The first-order valence-corrected chi connectivity index (χ1v) is 11.7. The molecule has 0 amide bonds. The Labute approximate surface area is 212 Å². The molecule has 1 fully saturated rings. The zero-order valence-corrected chi connectivity index (χ0v) is 20.6. The van der Waals surface area contributed by atoms with E-state index in [0.717, 1.165) is 22.8 Å². The van der Waals surface area contributed by atoms with E-state index in [-0.39, 0.29) is 17.1 Å². The molecule has 0 bridgehead atoms. The number of halogens is 2. The second kappa shape index (κ2) is 9.56. The van der Waals surface area contributed by atoms with Gasteiger partial charge in [-0.1, -0.05) is 17.7 Å². The quantitative estimate of drug-likeness (QED) is 0.329. The highest BCUT2D eigenvalue weighted by Crippen LogP contribution is 2.46. The largest absolute Gasteiger partial charge is 0.497 e. The number of rotatable bonds is 6. The molecule has 2 atom stereocenters. The minimum Gasteiger partial charge on any atom is -0.497 e. The molecule has 35 heavy (non-hydrogen) atoms. The van der Waals surface area contributed by atoms with E-state index in [1.807, 2.05) is 64.2 Å². The van der Waals surface area contributed by atoms with Crippen molar-refractivity contribution in [1.29, 1.82) is 0 Å². The third kappa shape index (κ3) is 4.19. The molecule has 2 aromatic carbocycles. The minimum absolute atomic E-state index is 0.0508. The molecule has 0 saturated carbocycles. The highest BCUT2D eigenvalue weighted by Gasteiger charge is 2.43. The summed E-state index contributed by atoms with van der Waals surface area (Å²) in [6.45, 7) is 0. The summed E-state index contributed by atoms with van der Waals surface area (Å²) in [4.78, 5) is 6.61. The molecule has 2 aromatic heterocycles. The Morgan fingerprint density at radius 2 is 1.89 bits per heavy atom. The van der Waals surface area contributed by atoms with Gasteiger partial charge >= 0.3 is 0 Å². The summed E-state index contributed by atoms with van der Waals surface area (Å²) in [5.41, 5.74) is 3.21. The Kier molecular flexibility index (Phi) is 6.32. The fourth-order valence-corrected chi connectivity index (χ4v) is 4.92. The van der Waals surface area contributed by atoms with Crippen LogP contribution >= 0.6 is 23.8 Å². The summed E-state index contributed by atoms with van der Waals surface area (Å²) in [5.74, 6) is 0.843. The highest BCUT2D eigenvalue weighted by molar-refractivity contribution is 7.80. The molecule has 3 heterocycles. The first-order valence-electron chi connectivity index (χ1n) is 10.9. The zero-order valence-electron chi connectivity index (χ0n) is 19.0. The van der Waals surface area contributed by atoms with Crippen molar-refractivity contribution in [2.45, 2.75) is 12.1 Å². The number of nitrogens with zero attached hydrogens (tertiary/aromatic N) is 3. The predicted octanol–water partition coefficient (Wildman–Crippen LogP) is 5.86. The fourth-order valence-electron chi connectivity index (χ4n) is 4.41. The second-order valence-electron chi connectivity index (χ2n) is 7.94. The van der Waals surface area contributed by atoms with Crippen LogP contribution in [0.1, 0.15) is 23.5 Å². The Morgan fingerprint density at radius 1 is 1.03 bits per heavy atom. The standard InChI is InChI=1S/C26H22ClFN4O2S/c1-33-17-9-11-23(34-2)22(15-17)32-25(24(30-26(32)35)20-6-3-4-12-29-20)21-7-5-13-31(21)16-8-10-19(28)18(27)14-16/h3-15,24-25H,1-2H3,(H,30,35)/t24-,25-/m1/s1. The van der Waals surface area contributed by atoms with Crippen molar-refractivity contribution in [1.82, 2.24) is 14.9 Å². The van der Waals surface area contributed by atoms with Gasteiger partial charge in [0, 0.05) is 29.8 Å². The molecule has 1 saturated heterocycles. The van der Waals surface area contributed by atoms with E-state index < -0.39 is 5.82 Å². The van der Waals surface area contributed by atoms with Crippen molar-refractivity contribution < 1.29 is 13.9 Å². The van der Waals surface area contributed by atoms with Gasteiger partial charge in [0.2, 0.25) is 0 Å². The molecule has 178 valence electrons. The number of pyridine rings is 1. The Hall–Kier alpha value is -3.62. The number of benzene rings is 2. The van der Waals surface area contributed by atoms with Crippen LogP contribution in [0.3, 0.4) is 0 Å². The van der Waals surface area contributed by atoms with Crippen molar-refractivity contribution >= 4 is 34.6 Å². The topological polar surface area (TPSA) is 51.6 Å². The lowest BCUT2D eigenvalue weighted by molar-refractivity contribution is 0.402. The molecule has 5 rings (SSSR count). The lowest BCUT2D eigenvalue weighted by atomic mass is 10.0. The lowest BCUT2D eigenvalue weighted by Crippen LogP contribution is -2.30. The molecule has 0 aliphatic carbocycles. The van der Waals surface area contributed by atoms with E-state index >= 15 is 0 Å². The molecule has 1 N–H and O–H groups in total. The van der Waals surface area contributed by atoms with Crippen LogP contribution in [0.15, 0.2) is 79.1 Å². The van der Waals surface area contributed by atoms with Crippen LogP contribution in [0.25, 0.3) is 5.69 Å². The van der Waals surface area contributed by atoms with E-state index in [2.05, 4.69) is 10.3 Å². The number of anilines is 1. The summed E-state index contributed by atoms with van der Waals surface area (Å²) in [6.07, 6.45) is 3.67. The summed E-state index contributed by atoms with van der Waals surface area (Å²) in [7, 11) is 3.23. The fraction of sp³-hybridized carbons (Fsp3) is 0.154. The highest BCUT2D eigenvalue weighted by atomic mass is 35.5. The number of methoxy groups -OCH3 is 2. The van der Waals surface area contributed by atoms with Gasteiger partial charge in [-0.15, -0.1) is 0 Å². The number of thiocarbonyl (C=S) groups is 1. The van der Waals surface area contributed by atoms with E-state index in [1.165, 1.54) is 6.07 Å². The molecule has 0 unspecified atom stereocenters. The lowest BCUT2D eigenvalue weighted by Gasteiger charge is -2.30. The molecule has 6 nitrogen and oxygen atoms in total. The van der Waals surface area contributed by atoms with Crippen LogP contribution in [0, 0.1) is 5.82 Å². The van der Waals surface area contributed by atoms with Gasteiger partial charge in [0.25, 0.3) is 0 Å². The van der Waals surface area contributed by atoms with Gasteiger partial charge in [0.05, 0.1) is 36.7 Å². The number of aromatic nitrogens is 2. The van der Waals surface area contributed by atoms with Crippen molar-refractivity contribution in [2.24, 2.45) is 0 Å². The third-order valence-corrected chi connectivity index (χ3v) is 6.61. The molecule has 0 spiro atoms. The van der Waals surface area contributed by atoms with Gasteiger partial charge in [-0.25, -0.2) is 4.39 Å². The Balaban J connectivity index is 1.71. The van der Waals surface area contributed by atoms with Gasteiger partial charge in [0.15, 0.2) is 5.11 Å². The van der Waals surface area contributed by atoms with E-state index in [0.29, 0.717) is 16.6 Å². The van der Waals surface area contributed by atoms with Crippen molar-refractivity contribution in [2.75, 3.05) is 19.1 Å². The summed E-state index contributed by atoms with van der Waals surface area (Å²) in [5, 5.41) is 4.01. The molecule has 4 aromatic rings. The predicted molar refractivity (Wildman–Crippen MR) is 138 cm³/mol. The SMILES string of the molecule is COc1ccc(OC)c(N2C(=S)N[C@H](c3ccccn3)[C@H]2c2cccn2-c2ccc(F)c(Cl)c2)c1. The van der Waals surface area contributed by atoms with Gasteiger partial charge in [-0.05, 0) is 66.8 Å². The van der Waals surface area contributed by atoms with Gasteiger partial charge < -0.3 is 24.3 Å². The number of hydrogen-bond acceptors (Lipinski definition) is 4.